The van der Waals surface area contributed by atoms with Crippen molar-refractivity contribution >= 4 is 57.8 Å². The first-order chi connectivity index (χ1) is 13.1. The summed E-state index contributed by atoms with van der Waals surface area (Å²) in [5.41, 5.74) is 2.44. The molecular formula is C20H13Cl2N3OS. The Morgan fingerprint density at radius 1 is 1.00 bits per heavy atom. The zero-order valence-electron chi connectivity index (χ0n) is 13.9. The first kappa shape index (κ1) is 17.9. The van der Waals surface area contributed by atoms with E-state index in [4.69, 9.17) is 23.2 Å². The van der Waals surface area contributed by atoms with Gasteiger partial charge in [-0.1, -0.05) is 47.5 Å². The van der Waals surface area contributed by atoms with Crippen LogP contribution in [-0.2, 0) is 4.79 Å². The van der Waals surface area contributed by atoms with Crippen molar-refractivity contribution in [2.75, 3.05) is 0 Å². The number of amides is 1. The third kappa shape index (κ3) is 3.81. The zero-order valence-corrected chi connectivity index (χ0v) is 16.2. The highest BCUT2D eigenvalue weighted by Gasteiger charge is 2.24. The Morgan fingerprint density at radius 3 is 2.63 bits per heavy atom. The number of aliphatic imine (C=N–C) groups is 1. The fourth-order valence-corrected chi connectivity index (χ4v) is 3.80. The number of benzene rings is 2. The number of nitrogens with one attached hydrogen (secondary N) is 1. The second-order valence-electron chi connectivity index (χ2n) is 5.69. The molecule has 0 saturated carbocycles. The van der Waals surface area contributed by atoms with E-state index in [1.807, 2.05) is 59.3 Å². The van der Waals surface area contributed by atoms with Gasteiger partial charge in [-0.2, -0.15) is 0 Å². The number of aromatic nitrogens is 1. The Bertz CT molecular complexity index is 1070. The summed E-state index contributed by atoms with van der Waals surface area (Å²) in [5, 5.41) is 4.01. The maximum Gasteiger partial charge on any atom is 0.264 e. The molecule has 3 aromatic rings. The Morgan fingerprint density at radius 2 is 1.81 bits per heavy atom. The van der Waals surface area contributed by atoms with Crippen LogP contribution in [0.3, 0.4) is 0 Å². The largest absolute Gasteiger partial charge is 0.317 e. The molecule has 1 saturated heterocycles. The Labute approximate surface area is 170 Å². The number of nitrogens with zero attached hydrogens (tertiary/aromatic N) is 2. The van der Waals surface area contributed by atoms with Gasteiger partial charge >= 0.3 is 0 Å². The molecule has 0 aliphatic carbocycles. The van der Waals surface area contributed by atoms with Crippen LogP contribution in [0.5, 0.6) is 0 Å². The molecule has 1 amide bonds. The van der Waals surface area contributed by atoms with Gasteiger partial charge in [0.2, 0.25) is 0 Å². The smallest absolute Gasteiger partial charge is 0.264 e. The molecule has 1 aliphatic heterocycles. The lowest BCUT2D eigenvalue weighted by molar-refractivity contribution is -0.115. The Hall–Kier alpha value is -2.47. The number of carbonyl (C=O) groups excluding carboxylic acids is 1. The molecule has 4 rings (SSSR count). The second-order valence-corrected chi connectivity index (χ2v) is 7.51. The molecule has 0 spiro atoms. The van der Waals surface area contributed by atoms with Gasteiger partial charge in [-0.05, 0) is 54.2 Å². The van der Waals surface area contributed by atoms with Gasteiger partial charge in [-0.3, -0.25) is 4.79 Å². The van der Waals surface area contributed by atoms with Crippen LogP contribution in [0, 0.1) is 0 Å². The summed E-state index contributed by atoms with van der Waals surface area (Å²) >= 11 is 13.5. The van der Waals surface area contributed by atoms with Crippen LogP contribution in [0.2, 0.25) is 10.0 Å². The summed E-state index contributed by atoms with van der Waals surface area (Å²) in [5.74, 6) is -0.197. The van der Waals surface area contributed by atoms with Crippen molar-refractivity contribution in [2.45, 2.75) is 0 Å². The van der Waals surface area contributed by atoms with E-state index < -0.39 is 0 Å². The van der Waals surface area contributed by atoms with E-state index in [9.17, 15) is 4.79 Å². The molecule has 1 aromatic heterocycles. The number of rotatable bonds is 3. The maximum atomic E-state index is 12.4. The molecule has 2 heterocycles. The van der Waals surface area contributed by atoms with Gasteiger partial charge in [0, 0.05) is 17.6 Å². The van der Waals surface area contributed by atoms with Crippen molar-refractivity contribution < 1.29 is 4.79 Å². The topological polar surface area (TPSA) is 46.4 Å². The van der Waals surface area contributed by atoms with Crippen molar-refractivity contribution in [2.24, 2.45) is 4.99 Å². The van der Waals surface area contributed by atoms with Gasteiger partial charge in [0.05, 0.1) is 20.6 Å². The summed E-state index contributed by atoms with van der Waals surface area (Å²) in [7, 11) is 0. The van der Waals surface area contributed by atoms with Crippen molar-refractivity contribution in [1.29, 1.82) is 0 Å². The Balaban J connectivity index is 1.63. The summed E-state index contributed by atoms with van der Waals surface area (Å²) in [4.78, 5) is 17.3. The van der Waals surface area contributed by atoms with E-state index in [2.05, 4.69) is 10.3 Å². The molecule has 2 aromatic carbocycles. The predicted octanol–water partition coefficient (Wildman–Crippen LogP) is 5.68. The van der Waals surface area contributed by atoms with Gasteiger partial charge in [0.25, 0.3) is 5.91 Å². The van der Waals surface area contributed by atoms with Crippen LogP contribution < -0.4 is 5.32 Å². The van der Waals surface area contributed by atoms with Gasteiger partial charge in [0.1, 0.15) is 0 Å². The molecule has 4 nitrogen and oxygen atoms in total. The summed E-state index contributed by atoms with van der Waals surface area (Å²) in [6.45, 7) is 0. The third-order valence-electron chi connectivity index (χ3n) is 3.90. The van der Waals surface area contributed by atoms with Crippen LogP contribution in [-0.4, -0.2) is 15.6 Å². The van der Waals surface area contributed by atoms with Gasteiger partial charge in [-0.15, -0.1) is 0 Å². The normalized spacial score (nSPS) is 16.9. The molecule has 0 bridgehead atoms. The molecule has 134 valence electrons. The average Bonchev–Trinajstić information content (AvgIpc) is 3.27. The third-order valence-corrected chi connectivity index (χ3v) is 5.62. The number of para-hydroxylation sites is 1. The average molecular weight is 414 g/mol. The Kier molecular flexibility index (Phi) is 5.07. The molecule has 0 atom stereocenters. The number of thioether (sulfide) groups is 1. The SMILES string of the molecule is O=C1NC(=Nc2cccc(Cl)c2Cl)SC1=Cc1cccn1-c1ccccc1. The molecule has 0 unspecified atom stereocenters. The lowest BCUT2D eigenvalue weighted by atomic mass is 10.3. The van der Waals surface area contributed by atoms with Crippen LogP contribution in [0.15, 0.2) is 76.8 Å². The van der Waals surface area contributed by atoms with E-state index >= 15 is 0 Å². The van der Waals surface area contributed by atoms with E-state index in [0.717, 1.165) is 11.4 Å². The predicted molar refractivity (Wildman–Crippen MR) is 113 cm³/mol. The van der Waals surface area contributed by atoms with Crippen molar-refractivity contribution in [3.63, 3.8) is 0 Å². The fourth-order valence-electron chi connectivity index (χ4n) is 2.64. The highest BCUT2D eigenvalue weighted by molar-refractivity contribution is 8.18. The fraction of sp³-hybridized carbons (Fsp3) is 0. The van der Waals surface area contributed by atoms with Crippen molar-refractivity contribution in [3.05, 3.63) is 87.5 Å². The molecule has 0 radical (unpaired) electrons. The monoisotopic (exact) mass is 413 g/mol. The minimum atomic E-state index is -0.197. The van der Waals surface area contributed by atoms with Crippen LogP contribution >= 0.6 is 35.0 Å². The highest BCUT2D eigenvalue weighted by atomic mass is 35.5. The second kappa shape index (κ2) is 7.64. The van der Waals surface area contributed by atoms with E-state index in [1.54, 1.807) is 18.2 Å². The van der Waals surface area contributed by atoms with Crippen LogP contribution in [0.4, 0.5) is 5.69 Å². The first-order valence-electron chi connectivity index (χ1n) is 8.08. The summed E-state index contributed by atoms with van der Waals surface area (Å²) in [6.07, 6.45) is 3.80. The molecular weight excluding hydrogens is 401 g/mol. The number of hydrogen-bond donors (Lipinski definition) is 1. The molecule has 7 heteroatoms. The number of amidine groups is 1. The number of hydrogen-bond acceptors (Lipinski definition) is 3. The minimum absolute atomic E-state index is 0.197. The molecule has 1 aliphatic rings. The first-order valence-corrected chi connectivity index (χ1v) is 9.65. The zero-order chi connectivity index (χ0) is 18.8. The standard InChI is InChI=1S/C20H13Cl2N3OS/c21-15-9-4-10-16(18(15)22)23-20-24-19(26)17(27-20)12-14-8-5-11-25(14)13-6-2-1-3-7-13/h1-12H,(H,23,24,26). The number of halogens is 2. The molecule has 1 fully saturated rings. The quantitative estimate of drug-likeness (QED) is 0.561. The van der Waals surface area contributed by atoms with E-state index in [1.165, 1.54) is 11.8 Å². The van der Waals surface area contributed by atoms with E-state index in [0.29, 0.717) is 25.8 Å². The van der Waals surface area contributed by atoms with Crippen molar-refractivity contribution in [1.82, 2.24) is 9.88 Å². The molecule has 1 N–H and O–H groups in total. The van der Waals surface area contributed by atoms with Crippen molar-refractivity contribution in [3.8, 4) is 5.69 Å². The van der Waals surface area contributed by atoms with Crippen LogP contribution in [0.1, 0.15) is 5.69 Å². The summed E-state index contributed by atoms with van der Waals surface area (Å²) in [6, 6.07) is 19.0. The maximum absolute atomic E-state index is 12.4. The summed E-state index contributed by atoms with van der Waals surface area (Å²) < 4.78 is 2.02. The lowest BCUT2D eigenvalue weighted by Gasteiger charge is -2.06. The minimum Gasteiger partial charge on any atom is -0.317 e. The van der Waals surface area contributed by atoms with E-state index in [-0.39, 0.29) is 5.91 Å². The van der Waals surface area contributed by atoms with Gasteiger partial charge < -0.3 is 9.88 Å². The van der Waals surface area contributed by atoms with Gasteiger partial charge in [0.15, 0.2) is 5.17 Å². The molecule has 27 heavy (non-hydrogen) atoms. The van der Waals surface area contributed by atoms with Gasteiger partial charge in [-0.25, -0.2) is 4.99 Å². The number of carbonyl (C=O) groups is 1. The lowest BCUT2D eigenvalue weighted by Crippen LogP contribution is -2.19. The van der Waals surface area contributed by atoms with Crippen LogP contribution in [0.25, 0.3) is 11.8 Å². The highest BCUT2D eigenvalue weighted by Crippen LogP contribution is 2.34.